The van der Waals surface area contributed by atoms with Crippen LogP contribution in [0.5, 0.6) is 0 Å². The summed E-state index contributed by atoms with van der Waals surface area (Å²) in [4.78, 5) is 0. The maximum Gasteiger partial charge on any atom is 0.241 e. The molecule has 0 fully saturated rings. The first-order valence-electron chi connectivity index (χ1n) is 4.87. The lowest BCUT2D eigenvalue weighted by atomic mass is 10.2. The van der Waals surface area contributed by atoms with Crippen molar-refractivity contribution in [3.05, 3.63) is 11.8 Å². The van der Waals surface area contributed by atoms with Crippen LogP contribution in [0.2, 0.25) is 19.6 Å². The highest BCUT2D eigenvalue weighted by Crippen LogP contribution is 2.15. The fourth-order valence-electron chi connectivity index (χ4n) is 1.06. The highest BCUT2D eigenvalue weighted by atomic mass is 28.4. The molecule has 12 heavy (non-hydrogen) atoms. The molecule has 0 bridgehead atoms. The van der Waals surface area contributed by atoms with Crippen molar-refractivity contribution in [3.63, 3.8) is 0 Å². The summed E-state index contributed by atoms with van der Waals surface area (Å²) >= 11 is 0. The van der Waals surface area contributed by atoms with E-state index in [9.17, 15) is 0 Å². The molecule has 0 amide bonds. The van der Waals surface area contributed by atoms with E-state index in [0.717, 1.165) is 12.8 Å². The van der Waals surface area contributed by atoms with Crippen LogP contribution in [0.25, 0.3) is 0 Å². The van der Waals surface area contributed by atoms with Crippen molar-refractivity contribution in [3.8, 4) is 0 Å². The Hall–Kier alpha value is -0.243. The van der Waals surface area contributed by atoms with E-state index in [0.29, 0.717) is 0 Å². The summed E-state index contributed by atoms with van der Waals surface area (Å²) < 4.78 is 5.92. The van der Waals surface area contributed by atoms with Gasteiger partial charge in [-0.15, -0.1) is 0 Å². The van der Waals surface area contributed by atoms with E-state index in [4.69, 9.17) is 4.43 Å². The first kappa shape index (κ1) is 11.8. The third-order valence-corrected chi connectivity index (χ3v) is 2.24. The molecule has 0 heterocycles. The van der Waals surface area contributed by atoms with E-state index >= 15 is 0 Å². The van der Waals surface area contributed by atoms with Crippen molar-refractivity contribution in [2.45, 2.75) is 52.8 Å². The van der Waals surface area contributed by atoms with E-state index in [1.54, 1.807) is 0 Å². The van der Waals surface area contributed by atoms with Gasteiger partial charge in [-0.05, 0) is 38.6 Å². The zero-order valence-electron chi connectivity index (χ0n) is 9.11. The molecule has 0 spiro atoms. The van der Waals surface area contributed by atoms with Crippen LogP contribution in [-0.4, -0.2) is 8.32 Å². The van der Waals surface area contributed by atoms with E-state index in [1.165, 1.54) is 12.2 Å². The van der Waals surface area contributed by atoms with Gasteiger partial charge in [0.25, 0.3) is 0 Å². The molecule has 0 aromatic heterocycles. The van der Waals surface area contributed by atoms with Crippen LogP contribution in [-0.2, 0) is 4.43 Å². The first-order valence-corrected chi connectivity index (χ1v) is 8.28. The standard InChI is InChI=1S/C10H22OSi/c1-6-8-10(9-7-2)11-12(3,4)5/h8H,6-7,9H2,1-5H3/b10-8-. The molecule has 0 saturated heterocycles. The van der Waals surface area contributed by atoms with Gasteiger partial charge in [-0.25, -0.2) is 0 Å². The second-order valence-corrected chi connectivity index (χ2v) is 8.47. The predicted molar refractivity (Wildman–Crippen MR) is 57.7 cm³/mol. The van der Waals surface area contributed by atoms with E-state index < -0.39 is 8.32 Å². The van der Waals surface area contributed by atoms with Crippen LogP contribution < -0.4 is 0 Å². The fourth-order valence-corrected chi connectivity index (χ4v) is 2.03. The van der Waals surface area contributed by atoms with Crippen LogP contribution in [0, 0.1) is 0 Å². The zero-order chi connectivity index (χ0) is 9.61. The van der Waals surface area contributed by atoms with Crippen LogP contribution in [0.3, 0.4) is 0 Å². The summed E-state index contributed by atoms with van der Waals surface area (Å²) in [5, 5.41) is 0. The van der Waals surface area contributed by atoms with Crippen LogP contribution in [0.15, 0.2) is 11.8 Å². The minimum Gasteiger partial charge on any atom is -0.548 e. The smallest absolute Gasteiger partial charge is 0.241 e. The SMILES string of the molecule is CC/C=C(/CCC)O[Si](C)(C)C. The van der Waals surface area contributed by atoms with Crippen LogP contribution in [0.4, 0.5) is 0 Å². The van der Waals surface area contributed by atoms with E-state index in [2.05, 4.69) is 39.6 Å². The largest absolute Gasteiger partial charge is 0.548 e. The van der Waals surface area contributed by atoms with Gasteiger partial charge in [-0.2, -0.15) is 0 Å². The summed E-state index contributed by atoms with van der Waals surface area (Å²) in [7, 11) is -1.36. The quantitative estimate of drug-likeness (QED) is 0.467. The third kappa shape index (κ3) is 6.47. The molecule has 2 heteroatoms. The molecule has 0 N–H and O–H groups in total. The molecule has 0 saturated carbocycles. The molecule has 1 nitrogen and oxygen atoms in total. The Morgan fingerprint density at radius 2 is 1.83 bits per heavy atom. The minimum atomic E-state index is -1.36. The van der Waals surface area contributed by atoms with Crippen LogP contribution >= 0.6 is 0 Å². The normalized spacial score (nSPS) is 13.2. The van der Waals surface area contributed by atoms with Gasteiger partial charge in [0.1, 0.15) is 0 Å². The molecule has 0 aromatic rings. The van der Waals surface area contributed by atoms with Gasteiger partial charge in [-0.3, -0.25) is 0 Å². The Balaban J connectivity index is 4.05. The Kier molecular flexibility index (Phi) is 5.30. The molecule has 0 rings (SSSR count). The number of hydrogen-bond donors (Lipinski definition) is 0. The van der Waals surface area contributed by atoms with Crippen molar-refractivity contribution in [1.82, 2.24) is 0 Å². The predicted octanol–water partition coefficient (Wildman–Crippen LogP) is 3.93. The van der Waals surface area contributed by atoms with Crippen molar-refractivity contribution in [2.75, 3.05) is 0 Å². The van der Waals surface area contributed by atoms with Crippen molar-refractivity contribution < 1.29 is 4.43 Å². The topological polar surface area (TPSA) is 9.23 Å². The lowest BCUT2D eigenvalue weighted by Crippen LogP contribution is -2.24. The van der Waals surface area contributed by atoms with Gasteiger partial charge in [-0.1, -0.05) is 13.8 Å². The average Bonchev–Trinajstić information content (AvgIpc) is 1.84. The monoisotopic (exact) mass is 186 g/mol. The van der Waals surface area contributed by atoms with Gasteiger partial charge in [0.05, 0.1) is 5.76 Å². The van der Waals surface area contributed by atoms with Gasteiger partial charge >= 0.3 is 0 Å². The average molecular weight is 186 g/mol. The Morgan fingerprint density at radius 1 is 1.25 bits per heavy atom. The van der Waals surface area contributed by atoms with Crippen molar-refractivity contribution in [1.29, 1.82) is 0 Å². The van der Waals surface area contributed by atoms with Crippen molar-refractivity contribution in [2.24, 2.45) is 0 Å². The number of rotatable bonds is 5. The molecule has 0 radical (unpaired) electrons. The summed E-state index contributed by atoms with van der Waals surface area (Å²) in [6, 6.07) is 0. The summed E-state index contributed by atoms with van der Waals surface area (Å²) in [6.07, 6.45) is 5.57. The van der Waals surface area contributed by atoms with Crippen molar-refractivity contribution >= 4 is 8.32 Å². The van der Waals surface area contributed by atoms with Gasteiger partial charge < -0.3 is 4.43 Å². The summed E-state index contributed by atoms with van der Waals surface area (Å²) in [5.74, 6) is 1.21. The molecule has 0 aliphatic rings. The third-order valence-electron chi connectivity index (χ3n) is 1.37. The maximum atomic E-state index is 5.92. The molecule has 72 valence electrons. The Labute approximate surface area is 78.0 Å². The Morgan fingerprint density at radius 3 is 2.17 bits per heavy atom. The minimum absolute atomic E-state index is 1.08. The molecule has 0 aliphatic heterocycles. The highest BCUT2D eigenvalue weighted by molar-refractivity contribution is 6.70. The lowest BCUT2D eigenvalue weighted by Gasteiger charge is -2.21. The molecule has 0 aliphatic carbocycles. The number of hydrogen-bond acceptors (Lipinski definition) is 1. The molecule has 0 aromatic carbocycles. The highest BCUT2D eigenvalue weighted by Gasteiger charge is 2.16. The zero-order valence-corrected chi connectivity index (χ0v) is 10.1. The molecule has 0 unspecified atom stereocenters. The molecular formula is C10H22OSi. The van der Waals surface area contributed by atoms with E-state index in [-0.39, 0.29) is 0 Å². The van der Waals surface area contributed by atoms with Gasteiger partial charge in [0.15, 0.2) is 0 Å². The van der Waals surface area contributed by atoms with E-state index in [1.807, 2.05) is 0 Å². The lowest BCUT2D eigenvalue weighted by molar-refractivity contribution is 0.395. The van der Waals surface area contributed by atoms with Crippen LogP contribution in [0.1, 0.15) is 33.1 Å². The molecule has 0 atom stereocenters. The second-order valence-electron chi connectivity index (χ2n) is 4.04. The maximum absolute atomic E-state index is 5.92. The number of allylic oxidation sites excluding steroid dienone is 2. The Bertz CT molecular complexity index is 144. The summed E-state index contributed by atoms with van der Waals surface area (Å²) in [5.41, 5.74) is 0. The first-order chi connectivity index (χ1) is 5.49. The van der Waals surface area contributed by atoms with Gasteiger partial charge in [0, 0.05) is 6.42 Å². The second kappa shape index (κ2) is 5.41. The molecular weight excluding hydrogens is 164 g/mol. The van der Waals surface area contributed by atoms with Gasteiger partial charge in [0.2, 0.25) is 8.32 Å². The fraction of sp³-hybridized carbons (Fsp3) is 0.800. The summed E-state index contributed by atoms with van der Waals surface area (Å²) in [6.45, 7) is 11.0.